The topological polar surface area (TPSA) is 54.0 Å². The largest absolute Gasteiger partial charge is 0.496 e. The molecule has 5 nitrogen and oxygen atoms in total. The van der Waals surface area contributed by atoms with Crippen molar-refractivity contribution in [3.8, 4) is 23.0 Å². The zero-order valence-corrected chi connectivity index (χ0v) is 16.5. The van der Waals surface area contributed by atoms with E-state index in [1.165, 1.54) is 21.3 Å². The van der Waals surface area contributed by atoms with E-state index in [1.54, 1.807) is 24.3 Å². The lowest BCUT2D eigenvalue weighted by molar-refractivity contribution is 0.0722. The highest BCUT2D eigenvalue weighted by atomic mass is 16.6. The minimum Gasteiger partial charge on any atom is -0.496 e. The summed E-state index contributed by atoms with van der Waals surface area (Å²) in [6, 6.07) is 20.4. The van der Waals surface area contributed by atoms with Gasteiger partial charge in [0, 0.05) is 0 Å². The first-order valence-corrected chi connectivity index (χ1v) is 9.00. The van der Waals surface area contributed by atoms with Crippen molar-refractivity contribution < 1.29 is 23.7 Å². The van der Waals surface area contributed by atoms with Crippen molar-refractivity contribution in [3.63, 3.8) is 0 Å². The predicted molar refractivity (Wildman–Crippen MR) is 113 cm³/mol. The average molecular weight is 390 g/mol. The van der Waals surface area contributed by atoms with Crippen LogP contribution < -0.4 is 18.9 Å². The molecule has 0 heterocycles. The second-order valence-electron chi connectivity index (χ2n) is 6.08. The van der Waals surface area contributed by atoms with Crippen molar-refractivity contribution in [1.29, 1.82) is 0 Å². The van der Waals surface area contributed by atoms with Crippen molar-refractivity contribution in [3.05, 3.63) is 83.4 Å². The zero-order valence-electron chi connectivity index (χ0n) is 16.5. The van der Waals surface area contributed by atoms with Gasteiger partial charge in [0.25, 0.3) is 0 Å². The molecule has 0 N–H and O–H groups in total. The van der Waals surface area contributed by atoms with E-state index in [0.717, 1.165) is 11.1 Å². The van der Waals surface area contributed by atoms with E-state index in [1.807, 2.05) is 54.6 Å². The zero-order chi connectivity index (χ0) is 20.6. The van der Waals surface area contributed by atoms with Gasteiger partial charge in [-0.1, -0.05) is 54.6 Å². The van der Waals surface area contributed by atoms with Crippen LogP contribution in [0.15, 0.2) is 66.7 Å². The van der Waals surface area contributed by atoms with Gasteiger partial charge in [-0.3, -0.25) is 0 Å². The molecule has 0 amide bonds. The molecule has 0 radical (unpaired) electrons. The van der Waals surface area contributed by atoms with E-state index in [9.17, 15) is 4.79 Å². The van der Waals surface area contributed by atoms with Gasteiger partial charge in [-0.25, -0.2) is 4.79 Å². The molecule has 0 saturated heterocycles. The molecule has 0 spiro atoms. The summed E-state index contributed by atoms with van der Waals surface area (Å²) in [6.07, 6.45) is 3.97. The molecule has 29 heavy (non-hydrogen) atoms. The van der Waals surface area contributed by atoms with Crippen molar-refractivity contribution in [2.75, 3.05) is 21.3 Å². The van der Waals surface area contributed by atoms with Gasteiger partial charge in [-0.15, -0.1) is 0 Å². The predicted octanol–water partition coefficient (Wildman–Crippen LogP) is 5.10. The summed E-state index contributed by atoms with van der Waals surface area (Å²) in [5, 5.41) is 0. The number of ether oxygens (including phenoxy) is 4. The maximum atomic E-state index is 12.8. The molecule has 0 aliphatic rings. The van der Waals surface area contributed by atoms with Gasteiger partial charge < -0.3 is 18.9 Å². The molecular weight excluding hydrogens is 368 g/mol. The SMILES string of the molecule is COc1cc(C=Cc2ccccc2)ccc1OC(=O)c1c(OC)cccc1OC. The van der Waals surface area contributed by atoms with Crippen molar-refractivity contribution in [2.24, 2.45) is 0 Å². The summed E-state index contributed by atoms with van der Waals surface area (Å²) in [5.74, 6) is 0.904. The van der Waals surface area contributed by atoms with E-state index < -0.39 is 5.97 Å². The Morgan fingerprint density at radius 1 is 0.655 bits per heavy atom. The van der Waals surface area contributed by atoms with Gasteiger partial charge in [0.2, 0.25) is 0 Å². The van der Waals surface area contributed by atoms with Crippen molar-refractivity contribution in [1.82, 2.24) is 0 Å². The fraction of sp³-hybridized carbons (Fsp3) is 0.125. The lowest BCUT2D eigenvalue weighted by Gasteiger charge is -2.14. The molecule has 0 saturated carbocycles. The highest BCUT2D eigenvalue weighted by molar-refractivity contribution is 5.97. The lowest BCUT2D eigenvalue weighted by atomic mass is 10.1. The van der Waals surface area contributed by atoms with Crippen LogP contribution in [0.5, 0.6) is 23.0 Å². The van der Waals surface area contributed by atoms with Crippen LogP contribution in [0.25, 0.3) is 12.2 Å². The minimum absolute atomic E-state index is 0.215. The first-order valence-electron chi connectivity index (χ1n) is 9.00. The fourth-order valence-electron chi connectivity index (χ4n) is 2.83. The summed E-state index contributed by atoms with van der Waals surface area (Å²) in [4.78, 5) is 12.8. The maximum Gasteiger partial charge on any atom is 0.351 e. The summed E-state index contributed by atoms with van der Waals surface area (Å²) in [6.45, 7) is 0. The Hall–Kier alpha value is -3.73. The van der Waals surface area contributed by atoms with E-state index in [0.29, 0.717) is 23.0 Å². The smallest absolute Gasteiger partial charge is 0.351 e. The number of carbonyl (C=O) groups is 1. The normalized spacial score (nSPS) is 10.6. The van der Waals surface area contributed by atoms with Crippen LogP contribution in [-0.4, -0.2) is 27.3 Å². The first kappa shape index (κ1) is 20.0. The maximum absolute atomic E-state index is 12.8. The van der Waals surface area contributed by atoms with Crippen molar-refractivity contribution in [2.45, 2.75) is 0 Å². The van der Waals surface area contributed by atoms with Gasteiger partial charge in [0.1, 0.15) is 17.1 Å². The second kappa shape index (κ2) is 9.46. The molecule has 3 aromatic carbocycles. The van der Waals surface area contributed by atoms with Crippen LogP contribution in [0.3, 0.4) is 0 Å². The van der Waals surface area contributed by atoms with Crippen LogP contribution in [0, 0.1) is 0 Å². The second-order valence-corrected chi connectivity index (χ2v) is 6.08. The van der Waals surface area contributed by atoms with E-state index in [-0.39, 0.29) is 5.56 Å². The Balaban J connectivity index is 1.85. The molecule has 0 aliphatic heterocycles. The summed E-state index contributed by atoms with van der Waals surface area (Å²) >= 11 is 0. The average Bonchev–Trinajstić information content (AvgIpc) is 2.78. The van der Waals surface area contributed by atoms with Crippen LogP contribution >= 0.6 is 0 Å². The Kier molecular flexibility index (Phi) is 6.53. The monoisotopic (exact) mass is 390 g/mol. The molecule has 148 valence electrons. The molecule has 3 aromatic rings. The van der Waals surface area contributed by atoms with Crippen molar-refractivity contribution >= 4 is 18.1 Å². The number of rotatable bonds is 7. The quantitative estimate of drug-likeness (QED) is 0.319. The van der Waals surface area contributed by atoms with Gasteiger partial charge >= 0.3 is 5.97 Å². The standard InChI is InChI=1S/C24H22O5/c1-26-20-10-7-11-21(27-2)23(20)24(25)29-19-15-14-18(16-22(19)28-3)13-12-17-8-5-4-6-9-17/h4-16H,1-3H3. The molecule has 5 heteroatoms. The van der Waals surface area contributed by atoms with E-state index in [4.69, 9.17) is 18.9 Å². The Bertz CT molecular complexity index is 987. The number of carbonyl (C=O) groups excluding carboxylic acids is 1. The molecule has 0 unspecified atom stereocenters. The lowest BCUT2D eigenvalue weighted by Crippen LogP contribution is -2.12. The van der Waals surface area contributed by atoms with Gasteiger partial charge in [-0.05, 0) is 35.4 Å². The van der Waals surface area contributed by atoms with E-state index >= 15 is 0 Å². The Labute approximate surface area is 170 Å². The molecule has 0 aromatic heterocycles. The van der Waals surface area contributed by atoms with Crippen LogP contribution in [0.4, 0.5) is 0 Å². The van der Waals surface area contributed by atoms with Crippen LogP contribution in [0.1, 0.15) is 21.5 Å². The summed E-state index contributed by atoms with van der Waals surface area (Å²) < 4.78 is 21.5. The molecule has 0 aliphatic carbocycles. The minimum atomic E-state index is -0.592. The highest BCUT2D eigenvalue weighted by Gasteiger charge is 2.21. The number of methoxy groups -OCH3 is 3. The van der Waals surface area contributed by atoms with Crippen LogP contribution in [-0.2, 0) is 0 Å². The number of hydrogen-bond donors (Lipinski definition) is 0. The third kappa shape index (κ3) is 4.76. The summed E-state index contributed by atoms with van der Waals surface area (Å²) in [5.41, 5.74) is 2.22. The highest BCUT2D eigenvalue weighted by Crippen LogP contribution is 2.33. The van der Waals surface area contributed by atoms with E-state index in [2.05, 4.69) is 0 Å². The molecule has 0 bridgehead atoms. The van der Waals surface area contributed by atoms with Gasteiger partial charge in [0.15, 0.2) is 11.5 Å². The van der Waals surface area contributed by atoms with Gasteiger partial charge in [0.05, 0.1) is 21.3 Å². The van der Waals surface area contributed by atoms with Gasteiger partial charge in [-0.2, -0.15) is 0 Å². The number of hydrogen-bond acceptors (Lipinski definition) is 5. The third-order valence-electron chi connectivity index (χ3n) is 4.29. The Morgan fingerprint density at radius 2 is 1.28 bits per heavy atom. The number of esters is 1. The molecule has 0 atom stereocenters. The number of benzene rings is 3. The molecule has 3 rings (SSSR count). The first-order chi connectivity index (χ1) is 14.2. The summed E-state index contributed by atoms with van der Waals surface area (Å²) in [7, 11) is 4.50. The fourth-order valence-corrected chi connectivity index (χ4v) is 2.83. The third-order valence-corrected chi connectivity index (χ3v) is 4.29. The Morgan fingerprint density at radius 3 is 1.90 bits per heavy atom. The molecular formula is C24H22O5. The van der Waals surface area contributed by atoms with Crippen LogP contribution in [0.2, 0.25) is 0 Å². The molecule has 0 fully saturated rings.